The van der Waals surface area contributed by atoms with Crippen LogP contribution in [0.3, 0.4) is 0 Å². The van der Waals surface area contributed by atoms with Gasteiger partial charge in [-0.05, 0) is 47.2 Å². The van der Waals surface area contributed by atoms with E-state index in [1.807, 2.05) is 12.2 Å². The number of ether oxygens (including phenoxy) is 2. The second-order valence-electron chi connectivity index (χ2n) is 9.10. The lowest BCUT2D eigenvalue weighted by Gasteiger charge is -2.20. The number of fused-ring (bicyclic) bond motifs is 2. The van der Waals surface area contributed by atoms with Crippen LogP contribution in [0.5, 0.6) is 11.5 Å². The SMILES string of the molecule is C=Cc1ccc(COc2c3ccccc3c(OCc3ccc(C=C)cc3)c3c(C)c(C)ccc23)cc1. The van der Waals surface area contributed by atoms with Crippen molar-refractivity contribution in [2.45, 2.75) is 27.1 Å². The van der Waals surface area contributed by atoms with E-state index in [1.54, 1.807) is 0 Å². The molecule has 5 aromatic carbocycles. The van der Waals surface area contributed by atoms with Gasteiger partial charge in [-0.1, -0.05) is 110 Å². The highest BCUT2D eigenvalue weighted by Crippen LogP contribution is 2.45. The van der Waals surface area contributed by atoms with E-state index in [-0.39, 0.29) is 0 Å². The van der Waals surface area contributed by atoms with Crippen LogP contribution in [-0.2, 0) is 13.2 Å². The lowest BCUT2D eigenvalue weighted by molar-refractivity contribution is 0.308. The predicted octanol–water partition coefficient (Wildman–Crippen LogP) is 9.05. The maximum absolute atomic E-state index is 6.58. The second-order valence-corrected chi connectivity index (χ2v) is 9.10. The maximum atomic E-state index is 6.58. The highest BCUT2D eigenvalue weighted by Gasteiger charge is 2.19. The lowest BCUT2D eigenvalue weighted by Crippen LogP contribution is -2.02. The van der Waals surface area contributed by atoms with Crippen LogP contribution in [0.2, 0.25) is 0 Å². The monoisotopic (exact) mass is 470 g/mol. The summed E-state index contributed by atoms with van der Waals surface area (Å²) < 4.78 is 13.1. The zero-order valence-electron chi connectivity index (χ0n) is 20.9. The summed E-state index contributed by atoms with van der Waals surface area (Å²) in [5.74, 6) is 1.79. The maximum Gasteiger partial charge on any atom is 0.136 e. The number of rotatable bonds is 8. The Morgan fingerprint density at radius 1 is 0.583 bits per heavy atom. The van der Waals surface area contributed by atoms with Crippen LogP contribution in [0.1, 0.15) is 33.4 Å². The summed E-state index contributed by atoms with van der Waals surface area (Å²) in [7, 11) is 0. The van der Waals surface area contributed by atoms with Crippen LogP contribution in [0.4, 0.5) is 0 Å². The van der Waals surface area contributed by atoms with E-state index >= 15 is 0 Å². The smallest absolute Gasteiger partial charge is 0.136 e. The molecule has 2 nitrogen and oxygen atoms in total. The van der Waals surface area contributed by atoms with Gasteiger partial charge in [-0.2, -0.15) is 0 Å². The molecule has 0 spiro atoms. The summed E-state index contributed by atoms with van der Waals surface area (Å²) in [4.78, 5) is 0. The van der Waals surface area contributed by atoms with Gasteiger partial charge in [-0.3, -0.25) is 0 Å². The molecular weight excluding hydrogens is 440 g/mol. The minimum absolute atomic E-state index is 0.485. The number of hydrogen-bond acceptors (Lipinski definition) is 2. The summed E-state index contributed by atoms with van der Waals surface area (Å²) in [6, 6.07) is 29.3. The van der Waals surface area contributed by atoms with Crippen LogP contribution in [0.25, 0.3) is 33.7 Å². The van der Waals surface area contributed by atoms with Gasteiger partial charge in [0.2, 0.25) is 0 Å². The van der Waals surface area contributed by atoms with Crippen molar-refractivity contribution in [3.8, 4) is 11.5 Å². The third-order valence-electron chi connectivity index (χ3n) is 6.82. The minimum atomic E-state index is 0.485. The normalized spacial score (nSPS) is 10.9. The molecule has 178 valence electrons. The zero-order valence-corrected chi connectivity index (χ0v) is 20.9. The molecule has 0 radical (unpaired) electrons. The van der Waals surface area contributed by atoms with Crippen LogP contribution < -0.4 is 9.47 Å². The van der Waals surface area contributed by atoms with E-state index < -0.39 is 0 Å². The predicted molar refractivity (Wildman–Crippen MR) is 153 cm³/mol. The third kappa shape index (κ3) is 4.50. The van der Waals surface area contributed by atoms with Gasteiger partial charge in [0.25, 0.3) is 0 Å². The average molecular weight is 471 g/mol. The topological polar surface area (TPSA) is 18.5 Å². The van der Waals surface area contributed by atoms with Gasteiger partial charge in [0.15, 0.2) is 0 Å². The molecule has 0 saturated heterocycles. The third-order valence-corrected chi connectivity index (χ3v) is 6.82. The molecule has 0 saturated carbocycles. The molecule has 0 amide bonds. The van der Waals surface area contributed by atoms with Gasteiger partial charge >= 0.3 is 0 Å². The Kier molecular flexibility index (Phi) is 6.60. The Balaban J connectivity index is 1.60. The molecule has 0 atom stereocenters. The highest BCUT2D eigenvalue weighted by atomic mass is 16.5. The van der Waals surface area contributed by atoms with Crippen LogP contribution in [0, 0.1) is 13.8 Å². The van der Waals surface area contributed by atoms with Crippen molar-refractivity contribution < 1.29 is 9.47 Å². The van der Waals surface area contributed by atoms with Crippen molar-refractivity contribution in [2.75, 3.05) is 0 Å². The molecule has 36 heavy (non-hydrogen) atoms. The van der Waals surface area contributed by atoms with Crippen molar-refractivity contribution >= 4 is 33.7 Å². The first-order chi connectivity index (χ1) is 17.6. The first kappa shape index (κ1) is 23.4. The molecule has 0 aliphatic heterocycles. The molecule has 0 aromatic heterocycles. The van der Waals surface area contributed by atoms with E-state index in [9.17, 15) is 0 Å². The van der Waals surface area contributed by atoms with Gasteiger partial charge in [0.1, 0.15) is 24.7 Å². The fourth-order valence-electron chi connectivity index (χ4n) is 4.57. The van der Waals surface area contributed by atoms with E-state index in [4.69, 9.17) is 9.47 Å². The fourth-order valence-corrected chi connectivity index (χ4v) is 4.57. The second kappa shape index (κ2) is 10.1. The number of hydrogen-bond donors (Lipinski definition) is 0. The van der Waals surface area contributed by atoms with Gasteiger partial charge in [0.05, 0.1) is 0 Å². The molecular formula is C34H30O2. The molecule has 0 bridgehead atoms. The summed E-state index contributed by atoms with van der Waals surface area (Å²) in [5.41, 5.74) is 6.86. The van der Waals surface area contributed by atoms with E-state index in [0.717, 1.165) is 55.3 Å². The summed E-state index contributed by atoms with van der Waals surface area (Å²) in [5, 5.41) is 4.27. The number of aryl methyl sites for hydroxylation is 2. The Hall–Kier alpha value is -4.30. The van der Waals surface area contributed by atoms with E-state index in [0.29, 0.717) is 13.2 Å². The summed E-state index contributed by atoms with van der Waals surface area (Å²) in [6.07, 6.45) is 3.70. The Morgan fingerprint density at radius 3 is 1.61 bits per heavy atom. The Labute approximate surface area is 213 Å². The largest absolute Gasteiger partial charge is 0.488 e. The molecule has 5 aromatic rings. The average Bonchev–Trinajstić information content (AvgIpc) is 2.93. The first-order valence-electron chi connectivity index (χ1n) is 12.2. The van der Waals surface area contributed by atoms with Crippen LogP contribution in [0.15, 0.2) is 98.1 Å². The Bertz CT molecular complexity index is 1560. The van der Waals surface area contributed by atoms with E-state index in [2.05, 4.69) is 112 Å². The zero-order chi connectivity index (χ0) is 25.1. The highest BCUT2D eigenvalue weighted by molar-refractivity contribution is 6.12. The van der Waals surface area contributed by atoms with Crippen LogP contribution in [-0.4, -0.2) is 0 Å². The van der Waals surface area contributed by atoms with E-state index in [1.165, 1.54) is 11.1 Å². The molecule has 0 aliphatic carbocycles. The quantitative estimate of drug-likeness (QED) is 0.211. The van der Waals surface area contributed by atoms with Gasteiger partial charge < -0.3 is 9.47 Å². The standard InChI is InChI=1S/C34H30O2/c1-5-25-12-16-27(17-13-25)21-35-33-29-9-7-8-10-30(29)34(32-24(4)23(3)11-20-31(32)33)36-22-28-18-14-26(6-2)15-19-28/h5-20H,1-2,21-22H2,3-4H3. The summed E-state index contributed by atoms with van der Waals surface area (Å²) in [6.45, 7) is 13.0. The van der Waals surface area contributed by atoms with Crippen molar-refractivity contribution in [1.82, 2.24) is 0 Å². The molecule has 0 aliphatic rings. The lowest BCUT2D eigenvalue weighted by atomic mass is 9.95. The summed E-state index contributed by atoms with van der Waals surface area (Å²) >= 11 is 0. The molecule has 0 heterocycles. The van der Waals surface area contributed by atoms with Gasteiger partial charge in [0, 0.05) is 21.5 Å². The van der Waals surface area contributed by atoms with Crippen LogP contribution >= 0.6 is 0 Å². The molecule has 5 rings (SSSR count). The minimum Gasteiger partial charge on any atom is -0.488 e. The van der Waals surface area contributed by atoms with Crippen molar-refractivity contribution in [1.29, 1.82) is 0 Å². The molecule has 2 heteroatoms. The number of benzene rings is 5. The van der Waals surface area contributed by atoms with Crippen molar-refractivity contribution in [3.05, 3.63) is 131 Å². The fraction of sp³-hybridized carbons (Fsp3) is 0.118. The first-order valence-corrected chi connectivity index (χ1v) is 12.2. The van der Waals surface area contributed by atoms with Gasteiger partial charge in [-0.25, -0.2) is 0 Å². The van der Waals surface area contributed by atoms with Crippen molar-refractivity contribution in [2.24, 2.45) is 0 Å². The Morgan fingerprint density at radius 2 is 1.08 bits per heavy atom. The molecule has 0 unspecified atom stereocenters. The van der Waals surface area contributed by atoms with Gasteiger partial charge in [-0.15, -0.1) is 0 Å². The molecule has 0 N–H and O–H groups in total. The van der Waals surface area contributed by atoms with Crippen molar-refractivity contribution in [3.63, 3.8) is 0 Å². The molecule has 0 fully saturated rings.